The SMILES string of the molecule is Bc1cc([N+](=O)[O-])c(N)nc1Br. The summed E-state index contributed by atoms with van der Waals surface area (Å²) in [5, 5.41) is 10.4. The van der Waals surface area contributed by atoms with E-state index < -0.39 is 4.92 Å². The zero-order valence-electron chi connectivity index (χ0n) is 6.24. The molecule has 0 radical (unpaired) electrons. The molecule has 2 N–H and O–H groups in total. The Labute approximate surface area is 77.7 Å². The molecule has 5 nitrogen and oxygen atoms in total. The number of nitrogen functional groups attached to an aromatic ring is 1. The first-order valence-electron chi connectivity index (χ1n) is 3.09. The smallest absolute Gasteiger partial charge is 0.310 e. The van der Waals surface area contributed by atoms with Crippen molar-refractivity contribution in [2.24, 2.45) is 0 Å². The number of rotatable bonds is 1. The lowest BCUT2D eigenvalue weighted by atomic mass is 9.98. The number of hydrogen-bond acceptors (Lipinski definition) is 4. The van der Waals surface area contributed by atoms with Gasteiger partial charge in [0.05, 0.1) is 4.92 Å². The maximum absolute atomic E-state index is 10.4. The molecule has 0 saturated carbocycles. The highest BCUT2D eigenvalue weighted by atomic mass is 79.9. The second-order valence-corrected chi connectivity index (χ2v) is 3.01. The van der Waals surface area contributed by atoms with Gasteiger partial charge in [0.15, 0.2) is 0 Å². The summed E-state index contributed by atoms with van der Waals surface area (Å²) in [6.07, 6.45) is 0. The van der Waals surface area contributed by atoms with Crippen LogP contribution in [0.5, 0.6) is 0 Å². The number of hydrogen-bond donors (Lipinski definition) is 1. The van der Waals surface area contributed by atoms with Crippen molar-refractivity contribution in [3.05, 3.63) is 20.8 Å². The van der Waals surface area contributed by atoms with Crippen LogP contribution in [0.4, 0.5) is 11.5 Å². The number of halogens is 1. The van der Waals surface area contributed by atoms with E-state index in [1.165, 1.54) is 6.07 Å². The van der Waals surface area contributed by atoms with Crippen molar-refractivity contribution in [3.63, 3.8) is 0 Å². The number of nitro groups is 1. The van der Waals surface area contributed by atoms with Crippen LogP contribution in [0.3, 0.4) is 0 Å². The molecule has 7 heteroatoms. The average Bonchev–Trinajstić information content (AvgIpc) is 1.96. The Morgan fingerprint density at radius 1 is 1.75 bits per heavy atom. The summed E-state index contributed by atoms with van der Waals surface area (Å²) in [7, 11) is 1.71. The average molecular weight is 230 g/mol. The van der Waals surface area contributed by atoms with Crippen molar-refractivity contribution in [3.8, 4) is 0 Å². The molecule has 0 atom stereocenters. The van der Waals surface area contributed by atoms with Crippen LogP contribution >= 0.6 is 15.9 Å². The molecule has 0 aliphatic heterocycles. The standard InChI is InChI=1S/C5H5BBrN3O2/c6-2-1-3(10(11)12)5(8)9-4(2)7/h1H,6H2,(H2,8,9). The topological polar surface area (TPSA) is 82.0 Å². The molecule has 0 spiro atoms. The maximum atomic E-state index is 10.4. The number of anilines is 1. The van der Waals surface area contributed by atoms with Crippen LogP contribution in [0.2, 0.25) is 0 Å². The van der Waals surface area contributed by atoms with Crippen molar-refractivity contribution in [2.75, 3.05) is 5.73 Å². The molecule has 0 aromatic carbocycles. The summed E-state index contributed by atoms with van der Waals surface area (Å²) >= 11 is 3.12. The van der Waals surface area contributed by atoms with Crippen molar-refractivity contribution < 1.29 is 4.92 Å². The van der Waals surface area contributed by atoms with E-state index in [0.29, 0.717) is 10.1 Å². The van der Waals surface area contributed by atoms with E-state index >= 15 is 0 Å². The van der Waals surface area contributed by atoms with Gasteiger partial charge in [0, 0.05) is 6.07 Å². The van der Waals surface area contributed by atoms with E-state index in [-0.39, 0.29) is 11.5 Å². The first-order chi connectivity index (χ1) is 5.52. The van der Waals surface area contributed by atoms with Gasteiger partial charge in [0.2, 0.25) is 5.82 Å². The van der Waals surface area contributed by atoms with Crippen LogP contribution in [0.1, 0.15) is 0 Å². The van der Waals surface area contributed by atoms with Gasteiger partial charge in [0.25, 0.3) is 0 Å². The summed E-state index contributed by atoms with van der Waals surface area (Å²) < 4.78 is 0.533. The monoisotopic (exact) mass is 229 g/mol. The zero-order chi connectivity index (χ0) is 9.30. The Morgan fingerprint density at radius 2 is 2.33 bits per heavy atom. The van der Waals surface area contributed by atoms with E-state index in [4.69, 9.17) is 5.73 Å². The van der Waals surface area contributed by atoms with Gasteiger partial charge in [-0.3, -0.25) is 10.1 Å². The highest BCUT2D eigenvalue weighted by Crippen LogP contribution is 2.18. The lowest BCUT2D eigenvalue weighted by molar-refractivity contribution is -0.384. The van der Waals surface area contributed by atoms with E-state index in [2.05, 4.69) is 20.9 Å². The van der Waals surface area contributed by atoms with Gasteiger partial charge in [-0.1, -0.05) is 0 Å². The first kappa shape index (κ1) is 8.99. The lowest BCUT2D eigenvalue weighted by Gasteiger charge is -1.99. The molecule has 0 saturated heterocycles. The molecule has 1 aromatic heterocycles. The predicted octanol–water partition coefficient (Wildman–Crippen LogP) is -0.407. The fourth-order valence-corrected chi connectivity index (χ4v) is 1.04. The van der Waals surface area contributed by atoms with Gasteiger partial charge in [0.1, 0.15) is 12.4 Å². The zero-order valence-corrected chi connectivity index (χ0v) is 7.83. The Morgan fingerprint density at radius 3 is 2.83 bits per heavy atom. The van der Waals surface area contributed by atoms with Crippen molar-refractivity contribution in [2.45, 2.75) is 0 Å². The van der Waals surface area contributed by atoms with Crippen molar-refractivity contribution >= 4 is 40.7 Å². The molecule has 1 aromatic rings. The van der Waals surface area contributed by atoms with E-state index in [1.54, 1.807) is 7.85 Å². The molecule has 0 aliphatic carbocycles. The molecule has 0 aliphatic rings. The first-order valence-corrected chi connectivity index (χ1v) is 3.88. The summed E-state index contributed by atoms with van der Waals surface area (Å²) in [6.45, 7) is 0. The Kier molecular flexibility index (Phi) is 2.32. The van der Waals surface area contributed by atoms with Crippen LogP contribution in [0.15, 0.2) is 10.7 Å². The van der Waals surface area contributed by atoms with Crippen LogP contribution in [0.25, 0.3) is 0 Å². The van der Waals surface area contributed by atoms with Crippen LogP contribution in [-0.4, -0.2) is 17.8 Å². The molecule has 12 heavy (non-hydrogen) atoms. The highest BCUT2D eigenvalue weighted by molar-refractivity contribution is 9.10. The molecule has 1 heterocycles. The van der Waals surface area contributed by atoms with Gasteiger partial charge in [-0.25, -0.2) is 4.98 Å². The third-order valence-electron chi connectivity index (χ3n) is 1.36. The molecule has 62 valence electrons. The molecule has 0 unspecified atom stereocenters. The molecular formula is C5H5BBrN3O2. The number of aromatic nitrogens is 1. The summed E-state index contributed by atoms with van der Waals surface area (Å²) in [5.74, 6) is -0.0718. The van der Waals surface area contributed by atoms with Gasteiger partial charge < -0.3 is 5.73 Å². The Balaban J connectivity index is 3.33. The summed E-state index contributed by atoms with van der Waals surface area (Å²) in [6, 6.07) is 1.38. The largest absolute Gasteiger partial charge is 0.378 e. The molecular weight excluding hydrogens is 225 g/mol. The molecule has 0 amide bonds. The van der Waals surface area contributed by atoms with E-state index in [9.17, 15) is 10.1 Å². The molecule has 0 fully saturated rings. The third kappa shape index (κ3) is 1.55. The quantitative estimate of drug-likeness (QED) is 0.307. The minimum atomic E-state index is -0.554. The number of pyridine rings is 1. The minimum absolute atomic E-state index is 0.0718. The van der Waals surface area contributed by atoms with Crippen LogP contribution in [0, 0.1) is 10.1 Å². The van der Waals surface area contributed by atoms with Crippen LogP contribution < -0.4 is 11.2 Å². The van der Waals surface area contributed by atoms with Gasteiger partial charge >= 0.3 is 5.69 Å². The molecule has 0 bridgehead atoms. The second kappa shape index (κ2) is 3.10. The second-order valence-electron chi connectivity index (χ2n) is 2.26. The molecule has 1 rings (SSSR count). The fraction of sp³-hybridized carbons (Fsp3) is 0. The van der Waals surface area contributed by atoms with Gasteiger partial charge in [-0.15, -0.1) is 0 Å². The third-order valence-corrected chi connectivity index (χ3v) is 2.16. The van der Waals surface area contributed by atoms with Gasteiger partial charge in [-0.05, 0) is 21.4 Å². The van der Waals surface area contributed by atoms with E-state index in [0.717, 1.165) is 0 Å². The Bertz CT molecular complexity index is 344. The van der Waals surface area contributed by atoms with Crippen molar-refractivity contribution in [1.29, 1.82) is 0 Å². The number of nitrogens with two attached hydrogens (primary N) is 1. The summed E-state index contributed by atoms with van der Waals surface area (Å²) in [4.78, 5) is 13.5. The number of nitrogens with zero attached hydrogens (tertiary/aromatic N) is 2. The van der Waals surface area contributed by atoms with Gasteiger partial charge in [-0.2, -0.15) is 0 Å². The Hall–Kier alpha value is -1.11. The summed E-state index contributed by atoms with van der Waals surface area (Å²) in [5.41, 5.74) is 5.84. The normalized spacial score (nSPS) is 9.75. The minimum Gasteiger partial charge on any atom is -0.378 e. The van der Waals surface area contributed by atoms with Crippen molar-refractivity contribution in [1.82, 2.24) is 4.98 Å². The van der Waals surface area contributed by atoms with Crippen LogP contribution in [-0.2, 0) is 0 Å². The van der Waals surface area contributed by atoms with E-state index in [1.807, 2.05) is 0 Å². The fourth-order valence-electron chi connectivity index (χ4n) is 0.736. The lowest BCUT2D eigenvalue weighted by Crippen LogP contribution is -2.10. The highest BCUT2D eigenvalue weighted by Gasteiger charge is 2.14. The predicted molar refractivity (Wildman–Crippen MR) is 51.2 cm³/mol. The maximum Gasteiger partial charge on any atom is 0.310 e.